The molecule has 6 heteroatoms. The van der Waals surface area contributed by atoms with Crippen molar-refractivity contribution in [2.24, 2.45) is 0 Å². The number of nitrogen functional groups attached to an aromatic ring is 1. The quantitative estimate of drug-likeness (QED) is 0.808. The van der Waals surface area contributed by atoms with Crippen LogP contribution in [-0.2, 0) is 4.74 Å². The summed E-state index contributed by atoms with van der Waals surface area (Å²) >= 11 is 0. The SMILES string of the molecule is COc1cc(-c2ccc(NC(=O)OC(C)(C)C)c(OC)c2)ccc1N. The molecule has 0 bridgehead atoms. The van der Waals surface area contributed by atoms with Gasteiger partial charge in [-0.25, -0.2) is 4.79 Å². The lowest BCUT2D eigenvalue weighted by atomic mass is 10.0. The van der Waals surface area contributed by atoms with Gasteiger partial charge in [0.2, 0.25) is 0 Å². The molecular formula is C19H24N2O4. The van der Waals surface area contributed by atoms with E-state index in [1.54, 1.807) is 47.1 Å². The first-order valence-corrected chi connectivity index (χ1v) is 7.85. The second-order valence-corrected chi connectivity index (χ2v) is 6.50. The van der Waals surface area contributed by atoms with Gasteiger partial charge in [0, 0.05) is 0 Å². The summed E-state index contributed by atoms with van der Waals surface area (Å²) in [5.74, 6) is 1.13. The zero-order valence-electron chi connectivity index (χ0n) is 15.2. The van der Waals surface area contributed by atoms with Crippen molar-refractivity contribution in [2.75, 3.05) is 25.3 Å². The summed E-state index contributed by atoms with van der Waals surface area (Å²) in [6.45, 7) is 5.42. The zero-order valence-corrected chi connectivity index (χ0v) is 15.2. The van der Waals surface area contributed by atoms with Crippen LogP contribution in [0.15, 0.2) is 36.4 Å². The third-order valence-electron chi connectivity index (χ3n) is 3.40. The number of amides is 1. The van der Waals surface area contributed by atoms with Gasteiger partial charge >= 0.3 is 6.09 Å². The highest BCUT2D eigenvalue weighted by molar-refractivity contribution is 5.88. The highest BCUT2D eigenvalue weighted by atomic mass is 16.6. The molecule has 2 aromatic carbocycles. The molecule has 2 rings (SSSR count). The van der Waals surface area contributed by atoms with Gasteiger partial charge in [-0.1, -0.05) is 12.1 Å². The summed E-state index contributed by atoms with van der Waals surface area (Å²) < 4.78 is 15.9. The van der Waals surface area contributed by atoms with Gasteiger partial charge in [0.25, 0.3) is 0 Å². The highest BCUT2D eigenvalue weighted by Gasteiger charge is 2.18. The van der Waals surface area contributed by atoms with Crippen LogP contribution in [0.25, 0.3) is 11.1 Å². The number of hydrogen-bond acceptors (Lipinski definition) is 5. The van der Waals surface area contributed by atoms with E-state index in [0.29, 0.717) is 22.9 Å². The second kappa shape index (κ2) is 7.34. The number of benzene rings is 2. The van der Waals surface area contributed by atoms with Gasteiger partial charge in [0.1, 0.15) is 17.1 Å². The molecule has 0 aliphatic heterocycles. The Kier molecular flexibility index (Phi) is 5.41. The molecular weight excluding hydrogens is 320 g/mol. The molecule has 0 aliphatic carbocycles. The van der Waals surface area contributed by atoms with Crippen molar-refractivity contribution in [2.45, 2.75) is 26.4 Å². The molecule has 0 saturated carbocycles. The topological polar surface area (TPSA) is 82.8 Å². The van der Waals surface area contributed by atoms with Crippen LogP contribution >= 0.6 is 0 Å². The largest absolute Gasteiger partial charge is 0.495 e. The zero-order chi connectivity index (χ0) is 18.6. The van der Waals surface area contributed by atoms with E-state index in [-0.39, 0.29) is 0 Å². The van der Waals surface area contributed by atoms with E-state index < -0.39 is 11.7 Å². The second-order valence-electron chi connectivity index (χ2n) is 6.50. The number of hydrogen-bond donors (Lipinski definition) is 2. The van der Waals surface area contributed by atoms with E-state index in [1.165, 1.54) is 0 Å². The van der Waals surface area contributed by atoms with E-state index in [0.717, 1.165) is 11.1 Å². The van der Waals surface area contributed by atoms with Crippen molar-refractivity contribution >= 4 is 17.5 Å². The van der Waals surface area contributed by atoms with Crippen LogP contribution in [0.5, 0.6) is 11.5 Å². The van der Waals surface area contributed by atoms with E-state index in [1.807, 2.05) is 24.3 Å². The predicted octanol–water partition coefficient (Wildman–Crippen LogP) is 4.30. The van der Waals surface area contributed by atoms with Crippen molar-refractivity contribution in [1.82, 2.24) is 0 Å². The maximum Gasteiger partial charge on any atom is 0.412 e. The molecule has 0 heterocycles. The van der Waals surface area contributed by atoms with Gasteiger partial charge in [-0.05, 0) is 56.2 Å². The van der Waals surface area contributed by atoms with Gasteiger partial charge in [0.15, 0.2) is 0 Å². The number of anilines is 2. The molecule has 25 heavy (non-hydrogen) atoms. The highest BCUT2D eigenvalue weighted by Crippen LogP contribution is 2.34. The molecule has 6 nitrogen and oxygen atoms in total. The van der Waals surface area contributed by atoms with Crippen molar-refractivity contribution in [3.8, 4) is 22.6 Å². The minimum atomic E-state index is -0.572. The lowest BCUT2D eigenvalue weighted by Gasteiger charge is -2.20. The maximum absolute atomic E-state index is 12.0. The van der Waals surface area contributed by atoms with Crippen molar-refractivity contribution in [3.63, 3.8) is 0 Å². The van der Waals surface area contributed by atoms with Gasteiger partial charge in [0.05, 0.1) is 25.6 Å². The van der Waals surface area contributed by atoms with E-state index >= 15 is 0 Å². The third kappa shape index (κ3) is 4.79. The minimum Gasteiger partial charge on any atom is -0.495 e. The van der Waals surface area contributed by atoms with Gasteiger partial charge in [-0.3, -0.25) is 5.32 Å². The van der Waals surface area contributed by atoms with Crippen LogP contribution in [0.2, 0.25) is 0 Å². The van der Waals surface area contributed by atoms with Crippen LogP contribution in [0.1, 0.15) is 20.8 Å². The number of nitrogens with two attached hydrogens (primary N) is 1. The normalized spacial score (nSPS) is 10.9. The van der Waals surface area contributed by atoms with Gasteiger partial charge < -0.3 is 19.9 Å². The Hall–Kier alpha value is -2.89. The number of carbonyl (C=O) groups excluding carboxylic acids is 1. The van der Waals surface area contributed by atoms with E-state index in [9.17, 15) is 4.79 Å². The summed E-state index contributed by atoms with van der Waals surface area (Å²) in [7, 11) is 3.12. The molecule has 0 spiro atoms. The Balaban J connectivity index is 2.29. The molecule has 134 valence electrons. The summed E-state index contributed by atoms with van der Waals surface area (Å²) in [6.07, 6.45) is -0.535. The first-order chi connectivity index (χ1) is 11.7. The van der Waals surface area contributed by atoms with Gasteiger partial charge in [-0.15, -0.1) is 0 Å². The van der Waals surface area contributed by atoms with E-state index in [4.69, 9.17) is 19.9 Å². The number of nitrogens with one attached hydrogen (secondary N) is 1. The van der Waals surface area contributed by atoms with Crippen LogP contribution in [0, 0.1) is 0 Å². The monoisotopic (exact) mass is 344 g/mol. The fraction of sp³-hybridized carbons (Fsp3) is 0.316. The Labute approximate surface area is 147 Å². The van der Waals surface area contributed by atoms with E-state index in [2.05, 4.69) is 5.32 Å². The van der Waals surface area contributed by atoms with Gasteiger partial charge in [-0.2, -0.15) is 0 Å². The summed E-state index contributed by atoms with van der Waals surface area (Å²) in [5, 5.41) is 2.70. The molecule has 0 aromatic heterocycles. The molecule has 0 fully saturated rings. The average Bonchev–Trinajstić information content (AvgIpc) is 2.54. The Morgan fingerprint density at radius 2 is 1.52 bits per heavy atom. The van der Waals surface area contributed by atoms with Crippen LogP contribution in [-0.4, -0.2) is 25.9 Å². The molecule has 0 unspecified atom stereocenters. The Morgan fingerprint density at radius 1 is 0.960 bits per heavy atom. The maximum atomic E-state index is 12.0. The Morgan fingerprint density at radius 3 is 2.08 bits per heavy atom. The molecule has 2 aromatic rings. The van der Waals surface area contributed by atoms with Crippen LogP contribution in [0.4, 0.5) is 16.2 Å². The predicted molar refractivity (Wildman–Crippen MR) is 99.3 cm³/mol. The smallest absolute Gasteiger partial charge is 0.412 e. The molecule has 0 radical (unpaired) electrons. The van der Waals surface area contributed by atoms with Crippen LogP contribution < -0.4 is 20.5 Å². The third-order valence-corrected chi connectivity index (χ3v) is 3.40. The first-order valence-electron chi connectivity index (χ1n) is 7.85. The number of rotatable bonds is 4. The molecule has 0 saturated heterocycles. The van der Waals surface area contributed by atoms with Crippen molar-refractivity contribution < 1.29 is 19.0 Å². The van der Waals surface area contributed by atoms with Crippen LogP contribution in [0.3, 0.4) is 0 Å². The number of ether oxygens (including phenoxy) is 3. The van der Waals surface area contributed by atoms with Crippen molar-refractivity contribution in [1.29, 1.82) is 0 Å². The molecule has 3 N–H and O–H groups in total. The minimum absolute atomic E-state index is 0.527. The lowest BCUT2D eigenvalue weighted by Crippen LogP contribution is -2.27. The lowest BCUT2D eigenvalue weighted by molar-refractivity contribution is 0.0635. The number of methoxy groups -OCH3 is 2. The molecule has 0 atom stereocenters. The average molecular weight is 344 g/mol. The molecule has 0 aliphatic rings. The fourth-order valence-electron chi connectivity index (χ4n) is 2.28. The summed E-state index contributed by atoms with van der Waals surface area (Å²) in [5.41, 5.74) is 8.21. The number of carbonyl (C=O) groups is 1. The molecule has 1 amide bonds. The van der Waals surface area contributed by atoms with Crippen molar-refractivity contribution in [3.05, 3.63) is 36.4 Å². The first kappa shape index (κ1) is 18.4. The Bertz CT molecular complexity index is 767. The standard InChI is InChI=1S/C19H24N2O4/c1-19(2,3)25-18(22)21-15-9-7-13(11-17(15)24-5)12-6-8-14(20)16(10-12)23-4/h6-11H,20H2,1-5H3,(H,21,22). The summed E-state index contributed by atoms with van der Waals surface area (Å²) in [4.78, 5) is 12.0. The fourth-order valence-corrected chi connectivity index (χ4v) is 2.28. The summed E-state index contributed by atoms with van der Waals surface area (Å²) in [6, 6.07) is 11.0.